The Kier molecular flexibility index (Phi) is 4.41. The summed E-state index contributed by atoms with van der Waals surface area (Å²) in [5.74, 6) is -0.857. The normalized spacial score (nSPS) is 9.56. The number of hydrogen-bond donors (Lipinski definition) is 2. The van der Waals surface area contributed by atoms with Crippen molar-refractivity contribution in [2.75, 3.05) is 0 Å². The molecule has 0 aliphatic rings. The SMILES string of the molecule is Cc1ncc(F)c(=O)[nH]1.Cc1ncc(F)c(=O)[nH]1. The monoisotopic (exact) mass is 256 g/mol. The molecule has 0 aliphatic heterocycles. The van der Waals surface area contributed by atoms with Gasteiger partial charge in [-0.15, -0.1) is 0 Å². The number of aryl methyl sites for hydroxylation is 2. The number of aromatic nitrogens is 4. The zero-order valence-electron chi connectivity index (χ0n) is 9.62. The minimum atomic E-state index is -0.847. The molecule has 18 heavy (non-hydrogen) atoms. The largest absolute Gasteiger partial charge is 0.308 e. The van der Waals surface area contributed by atoms with Crippen LogP contribution in [0, 0.1) is 25.5 Å². The smallest absolute Gasteiger partial charge is 0.286 e. The van der Waals surface area contributed by atoms with Crippen LogP contribution in [0.25, 0.3) is 0 Å². The first kappa shape index (κ1) is 13.7. The fourth-order valence-corrected chi connectivity index (χ4v) is 0.937. The molecule has 0 unspecified atom stereocenters. The maximum Gasteiger partial charge on any atom is 0.286 e. The third-order valence-electron chi connectivity index (χ3n) is 1.77. The Balaban J connectivity index is 0.000000180. The number of halogens is 2. The standard InChI is InChI=1S/2C5H5FN2O/c2*1-3-7-2-4(6)5(9)8-3/h2*2H,1H3,(H,7,8,9). The van der Waals surface area contributed by atoms with Crippen molar-refractivity contribution in [3.05, 3.63) is 56.4 Å². The first-order chi connectivity index (χ1) is 8.40. The Morgan fingerprint density at radius 2 is 1.22 bits per heavy atom. The van der Waals surface area contributed by atoms with Gasteiger partial charge in [0.25, 0.3) is 11.1 Å². The molecule has 0 fully saturated rings. The molecule has 2 aromatic heterocycles. The van der Waals surface area contributed by atoms with Crippen LogP contribution in [0.5, 0.6) is 0 Å². The molecule has 0 amide bonds. The summed E-state index contributed by atoms with van der Waals surface area (Å²) in [5, 5.41) is 0. The molecular weight excluding hydrogens is 246 g/mol. The van der Waals surface area contributed by atoms with Gasteiger partial charge in [0.05, 0.1) is 12.4 Å². The minimum Gasteiger partial charge on any atom is -0.308 e. The van der Waals surface area contributed by atoms with Crippen molar-refractivity contribution in [3.8, 4) is 0 Å². The first-order valence-electron chi connectivity index (χ1n) is 4.83. The van der Waals surface area contributed by atoms with E-state index in [1.165, 1.54) is 0 Å². The molecule has 0 spiro atoms. The lowest BCUT2D eigenvalue weighted by Crippen LogP contribution is -2.12. The van der Waals surface area contributed by atoms with Gasteiger partial charge in [-0.1, -0.05) is 0 Å². The average molecular weight is 256 g/mol. The van der Waals surface area contributed by atoms with E-state index in [1.54, 1.807) is 13.8 Å². The predicted molar refractivity (Wildman–Crippen MR) is 59.1 cm³/mol. The van der Waals surface area contributed by atoms with E-state index < -0.39 is 22.8 Å². The third-order valence-corrected chi connectivity index (χ3v) is 1.77. The minimum absolute atomic E-state index is 0.418. The number of nitrogens with zero attached hydrogens (tertiary/aromatic N) is 2. The maximum absolute atomic E-state index is 12.1. The van der Waals surface area contributed by atoms with Crippen LogP contribution < -0.4 is 11.1 Å². The quantitative estimate of drug-likeness (QED) is 0.715. The molecule has 2 N–H and O–H groups in total. The highest BCUT2D eigenvalue weighted by molar-refractivity contribution is 4.89. The van der Waals surface area contributed by atoms with Crippen LogP contribution in [-0.4, -0.2) is 19.9 Å². The summed E-state index contributed by atoms with van der Waals surface area (Å²) in [6.07, 6.45) is 1.79. The van der Waals surface area contributed by atoms with Crippen molar-refractivity contribution in [2.45, 2.75) is 13.8 Å². The molecule has 6 nitrogen and oxygen atoms in total. The van der Waals surface area contributed by atoms with Gasteiger partial charge >= 0.3 is 0 Å². The van der Waals surface area contributed by atoms with E-state index in [0.717, 1.165) is 12.4 Å². The lowest BCUT2D eigenvalue weighted by atomic mass is 10.6. The number of H-pyrrole nitrogens is 2. The number of hydrogen-bond acceptors (Lipinski definition) is 4. The predicted octanol–water partition coefficient (Wildman–Crippen LogP) is 0.435. The lowest BCUT2D eigenvalue weighted by Gasteiger charge is -1.87. The maximum atomic E-state index is 12.1. The van der Waals surface area contributed by atoms with E-state index in [9.17, 15) is 18.4 Å². The van der Waals surface area contributed by atoms with Gasteiger partial charge in [0.1, 0.15) is 11.6 Å². The summed E-state index contributed by atoms with van der Waals surface area (Å²) < 4.78 is 24.2. The van der Waals surface area contributed by atoms with Gasteiger partial charge in [-0.2, -0.15) is 8.78 Å². The molecule has 0 radical (unpaired) electrons. The third kappa shape index (κ3) is 3.89. The molecule has 2 aromatic rings. The topological polar surface area (TPSA) is 91.5 Å². The van der Waals surface area contributed by atoms with E-state index in [4.69, 9.17) is 0 Å². The highest BCUT2D eigenvalue weighted by Gasteiger charge is 1.95. The number of rotatable bonds is 0. The molecule has 0 aromatic carbocycles. The second-order valence-corrected chi connectivity index (χ2v) is 3.29. The van der Waals surface area contributed by atoms with Crippen LogP contribution in [-0.2, 0) is 0 Å². The zero-order valence-corrected chi connectivity index (χ0v) is 9.62. The van der Waals surface area contributed by atoms with Crippen molar-refractivity contribution < 1.29 is 8.78 Å². The summed E-state index contributed by atoms with van der Waals surface area (Å²) in [6, 6.07) is 0. The van der Waals surface area contributed by atoms with Crippen LogP contribution in [0.3, 0.4) is 0 Å². The Bertz CT molecular complexity index is 593. The Morgan fingerprint density at radius 1 is 0.889 bits per heavy atom. The number of nitrogens with one attached hydrogen (secondary N) is 2. The van der Waals surface area contributed by atoms with Gasteiger partial charge in [0, 0.05) is 0 Å². The van der Waals surface area contributed by atoms with Crippen LogP contribution in [0.2, 0.25) is 0 Å². The molecule has 0 bridgehead atoms. The zero-order chi connectivity index (χ0) is 13.7. The number of aromatic amines is 2. The fourth-order valence-electron chi connectivity index (χ4n) is 0.937. The van der Waals surface area contributed by atoms with E-state index in [2.05, 4.69) is 19.9 Å². The van der Waals surface area contributed by atoms with E-state index in [1.807, 2.05) is 0 Å². The molecule has 0 saturated heterocycles. The van der Waals surface area contributed by atoms with Gasteiger partial charge in [-0.05, 0) is 13.8 Å². The Labute approximate surface area is 99.8 Å². The first-order valence-corrected chi connectivity index (χ1v) is 4.83. The van der Waals surface area contributed by atoms with Gasteiger partial charge in [-0.25, -0.2) is 9.97 Å². The van der Waals surface area contributed by atoms with E-state index >= 15 is 0 Å². The fraction of sp³-hybridized carbons (Fsp3) is 0.200. The van der Waals surface area contributed by atoms with Crippen LogP contribution in [0.4, 0.5) is 8.78 Å². The Hall–Kier alpha value is -2.38. The second-order valence-electron chi connectivity index (χ2n) is 3.29. The van der Waals surface area contributed by atoms with E-state index in [0.29, 0.717) is 11.6 Å². The summed E-state index contributed by atoms with van der Waals surface area (Å²) in [5.41, 5.74) is -1.44. The highest BCUT2D eigenvalue weighted by Crippen LogP contribution is 1.83. The molecule has 2 rings (SSSR count). The van der Waals surface area contributed by atoms with Crippen LogP contribution in [0.15, 0.2) is 22.0 Å². The summed E-state index contributed by atoms with van der Waals surface area (Å²) in [4.78, 5) is 32.2. The highest BCUT2D eigenvalue weighted by atomic mass is 19.1. The van der Waals surface area contributed by atoms with Crippen molar-refractivity contribution in [1.29, 1.82) is 0 Å². The lowest BCUT2D eigenvalue weighted by molar-refractivity contribution is 0.597. The molecular formula is C10H10F2N4O2. The molecule has 0 saturated carbocycles. The summed E-state index contributed by atoms with van der Waals surface area (Å²) in [7, 11) is 0. The molecule has 96 valence electrons. The van der Waals surface area contributed by atoms with E-state index in [-0.39, 0.29) is 0 Å². The van der Waals surface area contributed by atoms with Crippen molar-refractivity contribution in [3.63, 3.8) is 0 Å². The Morgan fingerprint density at radius 3 is 1.44 bits per heavy atom. The van der Waals surface area contributed by atoms with Crippen molar-refractivity contribution in [1.82, 2.24) is 19.9 Å². The molecule has 2 heterocycles. The second kappa shape index (κ2) is 5.80. The molecule has 8 heteroatoms. The van der Waals surface area contributed by atoms with Gasteiger partial charge < -0.3 is 9.97 Å². The molecule has 0 atom stereocenters. The van der Waals surface area contributed by atoms with Crippen molar-refractivity contribution >= 4 is 0 Å². The van der Waals surface area contributed by atoms with Gasteiger partial charge in [-0.3, -0.25) is 9.59 Å². The van der Waals surface area contributed by atoms with Crippen molar-refractivity contribution in [2.24, 2.45) is 0 Å². The summed E-state index contributed by atoms with van der Waals surface area (Å²) >= 11 is 0. The van der Waals surface area contributed by atoms with Crippen LogP contribution >= 0.6 is 0 Å². The molecule has 0 aliphatic carbocycles. The van der Waals surface area contributed by atoms with Gasteiger partial charge in [0.15, 0.2) is 0 Å². The van der Waals surface area contributed by atoms with Gasteiger partial charge in [0.2, 0.25) is 11.6 Å². The summed E-state index contributed by atoms with van der Waals surface area (Å²) in [6.45, 7) is 3.17. The van der Waals surface area contributed by atoms with Crippen LogP contribution in [0.1, 0.15) is 11.6 Å². The average Bonchev–Trinajstić information content (AvgIpc) is 2.30.